The van der Waals surface area contributed by atoms with Crippen LogP contribution in [0.5, 0.6) is 11.5 Å². The van der Waals surface area contributed by atoms with Gasteiger partial charge in [0.1, 0.15) is 17.0 Å². The summed E-state index contributed by atoms with van der Waals surface area (Å²) < 4.78 is 17.6. The molecule has 7 nitrogen and oxygen atoms in total. The second-order valence-corrected chi connectivity index (χ2v) is 7.50. The maximum atomic E-state index is 11.0. The van der Waals surface area contributed by atoms with Crippen LogP contribution in [0.4, 0.5) is 6.01 Å². The van der Waals surface area contributed by atoms with E-state index >= 15 is 0 Å². The van der Waals surface area contributed by atoms with Crippen LogP contribution in [-0.2, 0) is 0 Å². The van der Waals surface area contributed by atoms with Gasteiger partial charge in [0.05, 0.1) is 18.8 Å². The molecule has 0 spiro atoms. The third-order valence-corrected chi connectivity index (χ3v) is 5.08. The van der Waals surface area contributed by atoms with Gasteiger partial charge in [0.25, 0.3) is 6.01 Å². The van der Waals surface area contributed by atoms with Crippen LogP contribution in [0.3, 0.4) is 0 Å². The molecule has 0 amide bonds. The van der Waals surface area contributed by atoms with Gasteiger partial charge in [0, 0.05) is 13.1 Å². The van der Waals surface area contributed by atoms with Crippen molar-refractivity contribution >= 4 is 23.1 Å². The van der Waals surface area contributed by atoms with Crippen molar-refractivity contribution in [3.63, 3.8) is 0 Å². The first-order chi connectivity index (χ1) is 16.2. The molecule has 0 saturated carbocycles. The summed E-state index contributed by atoms with van der Waals surface area (Å²) in [4.78, 5) is 17.7. The highest BCUT2D eigenvalue weighted by atomic mass is 16.5. The van der Waals surface area contributed by atoms with Crippen molar-refractivity contribution < 1.29 is 23.8 Å². The lowest BCUT2D eigenvalue weighted by atomic mass is 10.2. The van der Waals surface area contributed by atoms with Crippen LogP contribution in [0.15, 0.2) is 83.3 Å². The summed E-state index contributed by atoms with van der Waals surface area (Å²) in [6, 6.07) is 24.5. The van der Waals surface area contributed by atoms with E-state index in [1.807, 2.05) is 54.6 Å². The molecule has 170 valence electrons. The average Bonchev–Trinajstić information content (AvgIpc) is 3.28. The van der Waals surface area contributed by atoms with Crippen molar-refractivity contribution in [1.29, 1.82) is 0 Å². The number of aromatic carboxylic acids is 1. The highest BCUT2D eigenvalue weighted by Gasteiger charge is 2.14. The van der Waals surface area contributed by atoms with E-state index in [-0.39, 0.29) is 5.56 Å². The van der Waals surface area contributed by atoms with Gasteiger partial charge in [-0.3, -0.25) is 0 Å². The zero-order valence-corrected chi connectivity index (χ0v) is 18.2. The zero-order valence-electron chi connectivity index (χ0n) is 18.2. The largest absolute Gasteiger partial charge is 0.494 e. The number of carbonyl (C=O) groups is 1. The lowest BCUT2D eigenvalue weighted by Crippen LogP contribution is -2.28. The Bertz CT molecular complexity index is 1130. The predicted molar refractivity (Wildman–Crippen MR) is 126 cm³/mol. The van der Waals surface area contributed by atoms with Gasteiger partial charge in [0.2, 0.25) is 0 Å². The SMILES string of the molecule is O=C(O)c1ccc(OCCCN(CCCOc2ccccc2)c2nc3ccccc3o2)cc1. The fourth-order valence-corrected chi connectivity index (χ4v) is 3.40. The number of para-hydroxylation sites is 3. The molecule has 0 aliphatic rings. The summed E-state index contributed by atoms with van der Waals surface area (Å²) in [5, 5.41) is 9.00. The van der Waals surface area contributed by atoms with Gasteiger partial charge in [-0.25, -0.2) is 4.79 Å². The van der Waals surface area contributed by atoms with Crippen molar-refractivity contribution in [3.05, 3.63) is 84.4 Å². The normalized spacial score (nSPS) is 10.8. The predicted octanol–water partition coefficient (Wildman–Crippen LogP) is 5.27. The second-order valence-electron chi connectivity index (χ2n) is 7.50. The van der Waals surface area contributed by atoms with E-state index in [0.717, 1.165) is 36.2 Å². The standard InChI is InChI=1S/C26H26N2O5/c29-25(30)20-12-14-22(15-13-20)32-19-7-17-28(16-6-18-31-21-8-2-1-3-9-21)26-27-23-10-4-5-11-24(23)33-26/h1-5,8-15H,6-7,16-19H2,(H,29,30). The van der Waals surface area contributed by atoms with E-state index in [0.29, 0.717) is 31.5 Å². The molecule has 0 aliphatic carbocycles. The summed E-state index contributed by atoms with van der Waals surface area (Å²) in [5.74, 6) is 0.546. The first-order valence-corrected chi connectivity index (χ1v) is 10.9. The van der Waals surface area contributed by atoms with Crippen LogP contribution >= 0.6 is 0 Å². The molecule has 0 bridgehead atoms. The third-order valence-electron chi connectivity index (χ3n) is 5.08. The van der Waals surface area contributed by atoms with Gasteiger partial charge >= 0.3 is 5.97 Å². The fraction of sp³-hybridized carbons (Fsp3) is 0.231. The van der Waals surface area contributed by atoms with Crippen molar-refractivity contribution in [2.75, 3.05) is 31.2 Å². The third kappa shape index (κ3) is 6.26. The molecule has 0 unspecified atom stereocenters. The quantitative estimate of drug-likeness (QED) is 0.297. The molecular weight excluding hydrogens is 420 g/mol. The second kappa shape index (κ2) is 11.0. The van der Waals surface area contributed by atoms with E-state index in [4.69, 9.17) is 19.0 Å². The summed E-state index contributed by atoms with van der Waals surface area (Å²) in [5.41, 5.74) is 1.82. The molecule has 0 saturated heterocycles. The first-order valence-electron chi connectivity index (χ1n) is 10.9. The minimum absolute atomic E-state index is 0.238. The summed E-state index contributed by atoms with van der Waals surface area (Å²) in [6.07, 6.45) is 1.56. The minimum atomic E-state index is -0.952. The Labute approximate surface area is 192 Å². The van der Waals surface area contributed by atoms with E-state index < -0.39 is 5.97 Å². The smallest absolute Gasteiger partial charge is 0.335 e. The van der Waals surface area contributed by atoms with E-state index in [2.05, 4.69) is 9.88 Å². The monoisotopic (exact) mass is 446 g/mol. The molecule has 0 aliphatic heterocycles. The van der Waals surface area contributed by atoms with Crippen molar-refractivity contribution in [1.82, 2.24) is 4.98 Å². The van der Waals surface area contributed by atoms with E-state index in [9.17, 15) is 4.79 Å². The molecule has 1 N–H and O–H groups in total. The molecule has 4 rings (SSSR count). The van der Waals surface area contributed by atoms with E-state index in [1.165, 1.54) is 12.1 Å². The Balaban J connectivity index is 1.32. The molecular formula is C26H26N2O5. The summed E-state index contributed by atoms with van der Waals surface area (Å²) in [6.45, 7) is 2.51. The number of ether oxygens (including phenoxy) is 2. The maximum absolute atomic E-state index is 11.0. The average molecular weight is 447 g/mol. The van der Waals surface area contributed by atoms with Crippen LogP contribution in [0, 0.1) is 0 Å². The number of benzene rings is 3. The number of hydrogen-bond donors (Lipinski definition) is 1. The molecule has 4 aromatic rings. The Hall–Kier alpha value is -4.00. The molecule has 1 heterocycles. The van der Waals surface area contributed by atoms with Crippen LogP contribution < -0.4 is 14.4 Å². The number of anilines is 1. The van der Waals surface area contributed by atoms with Crippen molar-refractivity contribution in [2.45, 2.75) is 12.8 Å². The maximum Gasteiger partial charge on any atom is 0.335 e. The zero-order chi connectivity index (χ0) is 22.9. The number of carboxylic acid groups (broad SMARTS) is 1. The molecule has 0 atom stereocenters. The molecule has 7 heteroatoms. The lowest BCUT2D eigenvalue weighted by molar-refractivity contribution is 0.0697. The van der Waals surface area contributed by atoms with Gasteiger partial charge in [-0.05, 0) is 61.4 Å². The number of hydrogen-bond acceptors (Lipinski definition) is 6. The Morgan fingerprint density at radius 3 is 2.06 bits per heavy atom. The van der Waals surface area contributed by atoms with Crippen molar-refractivity contribution in [3.8, 4) is 11.5 Å². The summed E-state index contributed by atoms with van der Waals surface area (Å²) in [7, 11) is 0. The molecule has 0 fully saturated rings. The fourth-order valence-electron chi connectivity index (χ4n) is 3.40. The number of nitrogens with zero attached hydrogens (tertiary/aromatic N) is 2. The number of rotatable bonds is 12. The topological polar surface area (TPSA) is 85.0 Å². The van der Waals surface area contributed by atoms with Gasteiger partial charge < -0.3 is 23.9 Å². The number of carboxylic acids is 1. The van der Waals surface area contributed by atoms with Gasteiger partial charge in [-0.2, -0.15) is 4.98 Å². The van der Waals surface area contributed by atoms with Crippen LogP contribution in [0.25, 0.3) is 11.1 Å². The highest BCUT2D eigenvalue weighted by Crippen LogP contribution is 2.22. The van der Waals surface area contributed by atoms with Crippen molar-refractivity contribution in [2.24, 2.45) is 0 Å². The molecule has 1 aromatic heterocycles. The molecule has 3 aromatic carbocycles. The number of fused-ring (bicyclic) bond motifs is 1. The van der Waals surface area contributed by atoms with Crippen LogP contribution in [0.1, 0.15) is 23.2 Å². The van der Waals surface area contributed by atoms with Gasteiger partial charge in [-0.15, -0.1) is 0 Å². The highest BCUT2D eigenvalue weighted by molar-refractivity contribution is 5.87. The van der Waals surface area contributed by atoms with Crippen LogP contribution in [-0.4, -0.2) is 42.4 Å². The first kappa shape index (κ1) is 22.2. The molecule has 33 heavy (non-hydrogen) atoms. The van der Waals surface area contributed by atoms with Gasteiger partial charge in [0.15, 0.2) is 5.58 Å². The minimum Gasteiger partial charge on any atom is -0.494 e. The summed E-state index contributed by atoms with van der Waals surface area (Å²) >= 11 is 0. The Kier molecular flexibility index (Phi) is 7.43. The Morgan fingerprint density at radius 1 is 0.818 bits per heavy atom. The van der Waals surface area contributed by atoms with Crippen LogP contribution in [0.2, 0.25) is 0 Å². The molecule has 0 radical (unpaired) electrons. The van der Waals surface area contributed by atoms with E-state index in [1.54, 1.807) is 12.1 Å². The number of oxazole rings is 1. The van der Waals surface area contributed by atoms with Gasteiger partial charge in [-0.1, -0.05) is 30.3 Å². The number of aromatic nitrogens is 1. The lowest BCUT2D eigenvalue weighted by Gasteiger charge is -2.20. The Morgan fingerprint density at radius 2 is 1.42 bits per heavy atom.